The normalized spacial score (nSPS) is 10.9. The van der Waals surface area contributed by atoms with Crippen molar-refractivity contribution in [2.75, 3.05) is 5.73 Å². The first-order valence-corrected chi connectivity index (χ1v) is 5.67. The van der Waals surface area contributed by atoms with Crippen LogP contribution in [0.2, 0.25) is 0 Å². The van der Waals surface area contributed by atoms with Gasteiger partial charge in [-0.3, -0.25) is 14.3 Å². The van der Waals surface area contributed by atoms with Crippen LogP contribution in [-0.2, 0) is 6.54 Å². The van der Waals surface area contributed by atoms with Crippen molar-refractivity contribution in [1.29, 1.82) is 0 Å². The van der Waals surface area contributed by atoms with Gasteiger partial charge >= 0.3 is 5.69 Å². The molecule has 1 aromatic carbocycles. The maximum atomic E-state index is 11.9. The second-order valence-corrected chi connectivity index (χ2v) is 4.15. The van der Waals surface area contributed by atoms with Gasteiger partial charge < -0.3 is 10.7 Å². The Morgan fingerprint density at radius 1 is 1.16 bits per heavy atom. The number of aromatic nitrogens is 4. The number of anilines is 1. The summed E-state index contributed by atoms with van der Waals surface area (Å²) in [6.07, 6.45) is 0. The van der Waals surface area contributed by atoms with Crippen LogP contribution in [0.25, 0.3) is 11.2 Å². The highest BCUT2D eigenvalue weighted by Gasteiger charge is 2.11. The standard InChI is InChI=1S/C12H11N5O2/c13-11-14-8-9(15-11)17(12(19)16-10(8)18)6-7-4-2-1-3-5-7/h1-5H,6H2,(H3,13,14,15)(H,16,18,19). The molecule has 96 valence electrons. The van der Waals surface area contributed by atoms with Crippen molar-refractivity contribution < 1.29 is 0 Å². The SMILES string of the molecule is Nc1nc2c([nH]1)c(=O)[nH]c(=O)n2Cc1ccccc1. The van der Waals surface area contributed by atoms with Gasteiger partial charge in [-0.25, -0.2) is 4.79 Å². The smallest absolute Gasteiger partial charge is 0.330 e. The zero-order valence-corrected chi connectivity index (χ0v) is 9.88. The lowest BCUT2D eigenvalue weighted by Crippen LogP contribution is -2.30. The predicted octanol–water partition coefficient (Wildman–Crippen LogP) is 0.0434. The molecule has 19 heavy (non-hydrogen) atoms. The van der Waals surface area contributed by atoms with Crippen molar-refractivity contribution in [3.05, 3.63) is 56.7 Å². The highest BCUT2D eigenvalue weighted by Crippen LogP contribution is 2.08. The van der Waals surface area contributed by atoms with Gasteiger partial charge in [0.15, 0.2) is 17.1 Å². The number of rotatable bonds is 2. The maximum Gasteiger partial charge on any atom is 0.330 e. The Balaban J connectivity index is 2.23. The zero-order chi connectivity index (χ0) is 13.4. The molecule has 0 amide bonds. The Labute approximate surface area is 106 Å². The van der Waals surface area contributed by atoms with Gasteiger partial charge in [-0.1, -0.05) is 30.3 Å². The summed E-state index contributed by atoms with van der Waals surface area (Å²) < 4.78 is 1.37. The van der Waals surface area contributed by atoms with E-state index in [1.165, 1.54) is 4.57 Å². The summed E-state index contributed by atoms with van der Waals surface area (Å²) in [5, 5.41) is 0. The van der Waals surface area contributed by atoms with E-state index in [4.69, 9.17) is 5.73 Å². The number of benzene rings is 1. The lowest BCUT2D eigenvalue weighted by Gasteiger charge is -2.05. The molecule has 2 heterocycles. The fourth-order valence-corrected chi connectivity index (χ4v) is 1.97. The van der Waals surface area contributed by atoms with Crippen LogP contribution < -0.4 is 17.0 Å². The van der Waals surface area contributed by atoms with Crippen LogP contribution in [0.15, 0.2) is 39.9 Å². The fraction of sp³-hybridized carbons (Fsp3) is 0.0833. The van der Waals surface area contributed by atoms with Crippen LogP contribution in [0.3, 0.4) is 0 Å². The van der Waals surface area contributed by atoms with Crippen LogP contribution in [0.5, 0.6) is 0 Å². The molecular formula is C12H11N5O2. The molecule has 3 aromatic rings. The molecule has 0 atom stereocenters. The second-order valence-electron chi connectivity index (χ2n) is 4.15. The average molecular weight is 257 g/mol. The molecule has 0 bridgehead atoms. The Bertz CT molecular complexity index is 844. The number of hydrogen-bond acceptors (Lipinski definition) is 4. The quantitative estimate of drug-likeness (QED) is 0.602. The molecule has 0 saturated carbocycles. The van der Waals surface area contributed by atoms with E-state index in [2.05, 4.69) is 15.0 Å². The number of nitrogens with zero attached hydrogens (tertiary/aromatic N) is 2. The molecule has 0 unspecified atom stereocenters. The van der Waals surface area contributed by atoms with Gasteiger partial charge in [-0.05, 0) is 5.56 Å². The van der Waals surface area contributed by atoms with E-state index in [9.17, 15) is 9.59 Å². The van der Waals surface area contributed by atoms with E-state index in [0.29, 0.717) is 6.54 Å². The minimum Gasteiger partial charge on any atom is -0.369 e. The third-order valence-electron chi connectivity index (χ3n) is 2.83. The number of fused-ring (bicyclic) bond motifs is 1. The second kappa shape index (κ2) is 4.13. The number of aromatic amines is 2. The minimum atomic E-state index is -0.520. The molecular weight excluding hydrogens is 246 g/mol. The largest absolute Gasteiger partial charge is 0.369 e. The first-order chi connectivity index (χ1) is 9.15. The Hall–Kier alpha value is -2.83. The molecule has 7 nitrogen and oxygen atoms in total. The number of nitrogens with two attached hydrogens (primary N) is 1. The summed E-state index contributed by atoms with van der Waals surface area (Å²) in [5.41, 5.74) is 5.90. The molecule has 0 aliphatic carbocycles. The van der Waals surface area contributed by atoms with Gasteiger partial charge in [0.25, 0.3) is 5.56 Å². The van der Waals surface area contributed by atoms with Crippen molar-refractivity contribution in [3.8, 4) is 0 Å². The lowest BCUT2D eigenvalue weighted by molar-refractivity contribution is 0.748. The van der Waals surface area contributed by atoms with E-state index in [0.717, 1.165) is 5.56 Å². The summed E-state index contributed by atoms with van der Waals surface area (Å²) in [5.74, 6) is 0.105. The Morgan fingerprint density at radius 3 is 2.63 bits per heavy atom. The first kappa shape index (κ1) is 11.3. The van der Waals surface area contributed by atoms with Crippen LogP contribution in [0, 0.1) is 0 Å². The van der Waals surface area contributed by atoms with Gasteiger partial charge in [0.2, 0.25) is 0 Å². The first-order valence-electron chi connectivity index (χ1n) is 5.67. The molecule has 0 saturated heterocycles. The van der Waals surface area contributed by atoms with Gasteiger partial charge in [-0.15, -0.1) is 0 Å². The van der Waals surface area contributed by atoms with E-state index in [1.54, 1.807) is 0 Å². The molecule has 0 fully saturated rings. The number of hydrogen-bond donors (Lipinski definition) is 3. The predicted molar refractivity (Wildman–Crippen MR) is 70.9 cm³/mol. The van der Waals surface area contributed by atoms with E-state index in [-0.39, 0.29) is 17.1 Å². The van der Waals surface area contributed by atoms with Crippen LogP contribution in [0.4, 0.5) is 5.95 Å². The zero-order valence-electron chi connectivity index (χ0n) is 9.88. The summed E-state index contributed by atoms with van der Waals surface area (Å²) in [6, 6.07) is 9.42. The van der Waals surface area contributed by atoms with Crippen molar-refractivity contribution >= 4 is 17.1 Å². The molecule has 2 aromatic heterocycles. The van der Waals surface area contributed by atoms with Crippen molar-refractivity contribution in [1.82, 2.24) is 19.5 Å². The molecule has 0 aliphatic heterocycles. The number of nitrogen functional groups attached to an aromatic ring is 1. The molecule has 0 radical (unpaired) electrons. The number of H-pyrrole nitrogens is 2. The molecule has 0 aliphatic rings. The van der Waals surface area contributed by atoms with Crippen LogP contribution in [0.1, 0.15) is 5.56 Å². The van der Waals surface area contributed by atoms with Gasteiger partial charge in [-0.2, -0.15) is 4.98 Å². The fourth-order valence-electron chi connectivity index (χ4n) is 1.97. The van der Waals surface area contributed by atoms with Crippen LogP contribution >= 0.6 is 0 Å². The summed E-state index contributed by atoms with van der Waals surface area (Å²) in [7, 11) is 0. The molecule has 4 N–H and O–H groups in total. The molecule has 7 heteroatoms. The van der Waals surface area contributed by atoms with E-state index < -0.39 is 11.2 Å². The maximum absolute atomic E-state index is 11.9. The summed E-state index contributed by atoms with van der Waals surface area (Å²) >= 11 is 0. The van der Waals surface area contributed by atoms with Crippen molar-refractivity contribution in [3.63, 3.8) is 0 Å². The topological polar surface area (TPSA) is 110 Å². The van der Waals surface area contributed by atoms with Gasteiger partial charge in [0.05, 0.1) is 6.54 Å². The third-order valence-corrected chi connectivity index (χ3v) is 2.83. The third kappa shape index (κ3) is 1.90. The summed E-state index contributed by atoms with van der Waals surface area (Å²) in [4.78, 5) is 32.4. The monoisotopic (exact) mass is 257 g/mol. The lowest BCUT2D eigenvalue weighted by atomic mass is 10.2. The van der Waals surface area contributed by atoms with Crippen LogP contribution in [-0.4, -0.2) is 19.5 Å². The average Bonchev–Trinajstić information content (AvgIpc) is 2.78. The highest BCUT2D eigenvalue weighted by molar-refractivity contribution is 5.72. The van der Waals surface area contributed by atoms with Gasteiger partial charge in [0.1, 0.15) is 0 Å². The summed E-state index contributed by atoms with van der Waals surface area (Å²) in [6.45, 7) is 0.317. The van der Waals surface area contributed by atoms with Gasteiger partial charge in [0, 0.05) is 0 Å². The Kier molecular flexibility index (Phi) is 2.45. The van der Waals surface area contributed by atoms with E-state index >= 15 is 0 Å². The molecule has 3 rings (SSSR count). The van der Waals surface area contributed by atoms with Crippen molar-refractivity contribution in [2.45, 2.75) is 6.54 Å². The highest BCUT2D eigenvalue weighted by atomic mass is 16.2. The van der Waals surface area contributed by atoms with Crippen molar-refractivity contribution in [2.24, 2.45) is 0 Å². The molecule has 0 spiro atoms. The Morgan fingerprint density at radius 2 is 1.89 bits per heavy atom. The minimum absolute atomic E-state index is 0.105. The number of nitrogens with one attached hydrogen (secondary N) is 2. The van der Waals surface area contributed by atoms with E-state index in [1.807, 2.05) is 30.3 Å². The number of imidazole rings is 1.